The number of rotatable bonds is 3. The Kier molecular flexibility index (Phi) is 3.69. The van der Waals surface area contributed by atoms with Gasteiger partial charge >= 0.3 is 0 Å². The van der Waals surface area contributed by atoms with E-state index in [1.54, 1.807) is 18.3 Å². The lowest BCUT2D eigenvalue weighted by Gasteiger charge is -2.08. The van der Waals surface area contributed by atoms with E-state index in [2.05, 4.69) is 10.3 Å². The van der Waals surface area contributed by atoms with E-state index in [1.807, 2.05) is 31.2 Å². The molecule has 1 aromatic heterocycles. The minimum absolute atomic E-state index is 0.223. The summed E-state index contributed by atoms with van der Waals surface area (Å²) in [6, 6.07) is 11.1. The minimum Gasteiger partial charge on any atom is -0.326 e. The maximum atomic E-state index is 12.0. The zero-order valence-corrected chi connectivity index (χ0v) is 10.2. The molecule has 4 nitrogen and oxygen atoms in total. The lowest BCUT2D eigenvalue weighted by atomic mass is 10.2. The van der Waals surface area contributed by atoms with Gasteiger partial charge in [0.25, 0.3) is 5.91 Å². The van der Waals surface area contributed by atoms with E-state index in [0.29, 0.717) is 12.2 Å². The predicted molar refractivity (Wildman–Crippen MR) is 71.3 cm³/mol. The first kappa shape index (κ1) is 12.3. The number of aromatic nitrogens is 1. The number of anilines is 1. The molecule has 0 saturated carbocycles. The van der Waals surface area contributed by atoms with Crippen molar-refractivity contribution in [3.63, 3.8) is 0 Å². The first-order valence-corrected chi connectivity index (χ1v) is 5.72. The number of hydrogen-bond donors (Lipinski definition) is 2. The fourth-order valence-electron chi connectivity index (χ4n) is 1.62. The Balaban J connectivity index is 2.19. The number of hydrogen-bond acceptors (Lipinski definition) is 3. The van der Waals surface area contributed by atoms with Crippen molar-refractivity contribution in [3.8, 4) is 0 Å². The highest BCUT2D eigenvalue weighted by Crippen LogP contribution is 2.14. The minimum atomic E-state index is -0.223. The second-order valence-electron chi connectivity index (χ2n) is 4.02. The molecule has 1 heterocycles. The average Bonchev–Trinajstić information content (AvgIpc) is 2.41. The Bertz CT molecular complexity index is 566. The maximum absolute atomic E-state index is 12.0. The number of amides is 1. The Morgan fingerprint density at radius 2 is 2.11 bits per heavy atom. The second-order valence-corrected chi connectivity index (χ2v) is 4.02. The molecule has 0 bridgehead atoms. The number of benzene rings is 1. The van der Waals surface area contributed by atoms with E-state index in [4.69, 9.17) is 5.73 Å². The number of nitrogens with two attached hydrogens (primary N) is 1. The molecule has 18 heavy (non-hydrogen) atoms. The molecule has 0 saturated heterocycles. The van der Waals surface area contributed by atoms with Crippen molar-refractivity contribution in [1.29, 1.82) is 0 Å². The van der Waals surface area contributed by atoms with Crippen molar-refractivity contribution in [2.75, 3.05) is 5.32 Å². The quantitative estimate of drug-likeness (QED) is 0.864. The van der Waals surface area contributed by atoms with Gasteiger partial charge in [0.05, 0.1) is 0 Å². The van der Waals surface area contributed by atoms with Crippen LogP contribution >= 0.6 is 0 Å². The van der Waals surface area contributed by atoms with Gasteiger partial charge in [0.2, 0.25) is 0 Å². The SMILES string of the molecule is Cc1ccccc1NC(=O)c1cc(CN)ccn1. The number of carbonyl (C=O) groups excluding carboxylic acids is 1. The first-order chi connectivity index (χ1) is 8.70. The Morgan fingerprint density at radius 3 is 2.83 bits per heavy atom. The van der Waals surface area contributed by atoms with Gasteiger partial charge in [-0.1, -0.05) is 18.2 Å². The summed E-state index contributed by atoms with van der Waals surface area (Å²) in [5.41, 5.74) is 8.61. The van der Waals surface area contributed by atoms with Crippen LogP contribution in [0, 0.1) is 6.92 Å². The van der Waals surface area contributed by atoms with Crippen LogP contribution in [0.3, 0.4) is 0 Å². The van der Waals surface area contributed by atoms with Crippen molar-refractivity contribution >= 4 is 11.6 Å². The summed E-state index contributed by atoms with van der Waals surface area (Å²) in [4.78, 5) is 16.1. The largest absolute Gasteiger partial charge is 0.326 e. The van der Waals surface area contributed by atoms with Crippen LogP contribution in [-0.4, -0.2) is 10.9 Å². The van der Waals surface area contributed by atoms with Crippen molar-refractivity contribution < 1.29 is 4.79 Å². The summed E-state index contributed by atoms with van der Waals surface area (Å²) in [7, 11) is 0. The van der Waals surface area contributed by atoms with Gasteiger partial charge in [-0.15, -0.1) is 0 Å². The highest BCUT2D eigenvalue weighted by atomic mass is 16.1. The fourth-order valence-corrected chi connectivity index (χ4v) is 1.62. The van der Waals surface area contributed by atoms with Crippen LogP contribution in [0.15, 0.2) is 42.6 Å². The Labute approximate surface area is 106 Å². The number of aryl methyl sites for hydroxylation is 1. The van der Waals surface area contributed by atoms with Crippen LogP contribution < -0.4 is 11.1 Å². The third-order valence-corrected chi connectivity index (χ3v) is 2.69. The molecule has 0 unspecified atom stereocenters. The smallest absolute Gasteiger partial charge is 0.274 e. The lowest BCUT2D eigenvalue weighted by Crippen LogP contribution is -2.15. The monoisotopic (exact) mass is 241 g/mol. The van der Waals surface area contributed by atoms with E-state index in [1.165, 1.54) is 0 Å². The van der Waals surface area contributed by atoms with E-state index in [0.717, 1.165) is 16.8 Å². The molecule has 3 N–H and O–H groups in total. The second kappa shape index (κ2) is 5.42. The average molecular weight is 241 g/mol. The molecule has 4 heteroatoms. The molecule has 92 valence electrons. The Hall–Kier alpha value is -2.20. The van der Waals surface area contributed by atoms with E-state index in [9.17, 15) is 4.79 Å². The molecule has 2 aromatic rings. The standard InChI is InChI=1S/C14H15N3O/c1-10-4-2-3-5-12(10)17-14(18)13-8-11(9-15)6-7-16-13/h2-8H,9,15H2,1H3,(H,17,18). The third kappa shape index (κ3) is 2.73. The number of carbonyl (C=O) groups is 1. The molecule has 0 fully saturated rings. The summed E-state index contributed by atoms with van der Waals surface area (Å²) in [5.74, 6) is -0.223. The molecular formula is C14H15N3O. The van der Waals surface area contributed by atoms with E-state index in [-0.39, 0.29) is 5.91 Å². The zero-order valence-electron chi connectivity index (χ0n) is 10.2. The van der Waals surface area contributed by atoms with E-state index >= 15 is 0 Å². The van der Waals surface area contributed by atoms with Crippen molar-refractivity contribution in [2.24, 2.45) is 5.73 Å². The van der Waals surface area contributed by atoms with Gasteiger partial charge in [0, 0.05) is 18.4 Å². The molecule has 1 amide bonds. The highest BCUT2D eigenvalue weighted by molar-refractivity contribution is 6.03. The lowest BCUT2D eigenvalue weighted by molar-refractivity contribution is 0.102. The van der Waals surface area contributed by atoms with Gasteiger partial charge in [-0.05, 0) is 36.2 Å². The number of para-hydroxylation sites is 1. The first-order valence-electron chi connectivity index (χ1n) is 5.72. The predicted octanol–water partition coefficient (Wildman–Crippen LogP) is 2.10. The maximum Gasteiger partial charge on any atom is 0.274 e. The number of nitrogens with one attached hydrogen (secondary N) is 1. The molecule has 1 aromatic carbocycles. The van der Waals surface area contributed by atoms with Crippen LogP contribution in [0.25, 0.3) is 0 Å². The van der Waals surface area contributed by atoms with Crippen molar-refractivity contribution in [3.05, 3.63) is 59.4 Å². The topological polar surface area (TPSA) is 68.0 Å². The summed E-state index contributed by atoms with van der Waals surface area (Å²) in [5, 5.41) is 2.84. The molecule has 0 spiro atoms. The normalized spacial score (nSPS) is 10.1. The van der Waals surface area contributed by atoms with Gasteiger partial charge in [0.1, 0.15) is 5.69 Å². The molecule has 0 aliphatic carbocycles. The fraction of sp³-hybridized carbons (Fsp3) is 0.143. The number of nitrogens with zero attached hydrogens (tertiary/aromatic N) is 1. The van der Waals surface area contributed by atoms with Gasteiger partial charge in [-0.2, -0.15) is 0 Å². The third-order valence-electron chi connectivity index (χ3n) is 2.69. The zero-order chi connectivity index (χ0) is 13.0. The van der Waals surface area contributed by atoms with E-state index < -0.39 is 0 Å². The van der Waals surface area contributed by atoms with Crippen LogP contribution in [0.5, 0.6) is 0 Å². The van der Waals surface area contributed by atoms with Gasteiger partial charge in [0.15, 0.2) is 0 Å². The summed E-state index contributed by atoms with van der Waals surface area (Å²) < 4.78 is 0. The molecule has 0 atom stereocenters. The molecule has 0 aliphatic heterocycles. The summed E-state index contributed by atoms with van der Waals surface area (Å²) >= 11 is 0. The van der Waals surface area contributed by atoms with Gasteiger partial charge < -0.3 is 11.1 Å². The molecule has 0 aliphatic rings. The molecule has 2 rings (SSSR count). The van der Waals surface area contributed by atoms with Crippen LogP contribution in [0.2, 0.25) is 0 Å². The van der Waals surface area contributed by atoms with Crippen molar-refractivity contribution in [1.82, 2.24) is 4.98 Å². The summed E-state index contributed by atoms with van der Waals surface area (Å²) in [6.45, 7) is 2.34. The van der Waals surface area contributed by atoms with Gasteiger partial charge in [-0.3, -0.25) is 9.78 Å². The highest BCUT2D eigenvalue weighted by Gasteiger charge is 2.09. The molecule has 0 radical (unpaired) electrons. The summed E-state index contributed by atoms with van der Waals surface area (Å²) in [6.07, 6.45) is 1.59. The van der Waals surface area contributed by atoms with Crippen LogP contribution in [-0.2, 0) is 6.54 Å². The van der Waals surface area contributed by atoms with Gasteiger partial charge in [-0.25, -0.2) is 0 Å². The number of pyridine rings is 1. The Morgan fingerprint density at radius 1 is 1.33 bits per heavy atom. The molecular weight excluding hydrogens is 226 g/mol. The van der Waals surface area contributed by atoms with Crippen LogP contribution in [0.4, 0.5) is 5.69 Å². The van der Waals surface area contributed by atoms with Crippen molar-refractivity contribution in [2.45, 2.75) is 13.5 Å². The van der Waals surface area contributed by atoms with Crippen LogP contribution in [0.1, 0.15) is 21.6 Å².